The van der Waals surface area contributed by atoms with E-state index >= 15 is 0 Å². The summed E-state index contributed by atoms with van der Waals surface area (Å²) in [5.74, 6) is -1.58. The number of aryl methyl sites for hydroxylation is 1. The number of nitrogens with zero attached hydrogens (tertiary/aromatic N) is 3. The molecule has 2 rings (SSSR count). The van der Waals surface area contributed by atoms with Crippen molar-refractivity contribution in [3.8, 4) is 0 Å². The molecule has 0 bridgehead atoms. The second kappa shape index (κ2) is 5.80. The Bertz CT molecular complexity index is 561. The summed E-state index contributed by atoms with van der Waals surface area (Å²) in [5, 5.41) is 18.8. The number of furan rings is 1. The van der Waals surface area contributed by atoms with E-state index in [2.05, 4.69) is 15.6 Å². The highest BCUT2D eigenvalue weighted by molar-refractivity contribution is 5.95. The quantitative estimate of drug-likeness (QED) is 0.730. The summed E-state index contributed by atoms with van der Waals surface area (Å²) in [4.78, 5) is 22.2. The average Bonchev–Trinajstić information content (AvgIpc) is 3.05. The fourth-order valence-corrected chi connectivity index (χ4v) is 1.45. The summed E-state index contributed by atoms with van der Waals surface area (Å²) in [6, 6.07) is 1.19. The van der Waals surface area contributed by atoms with Crippen molar-refractivity contribution in [1.29, 1.82) is 0 Å². The first-order valence-corrected chi connectivity index (χ1v) is 5.61. The number of carboxylic acid groups (broad SMARTS) is 1. The molecule has 2 aromatic rings. The van der Waals surface area contributed by atoms with Gasteiger partial charge in [-0.1, -0.05) is 5.21 Å². The SMILES string of the molecule is O=C(O)c1coc(C(=O)NCCCn2ccnn2)c1. The lowest BCUT2D eigenvalue weighted by Gasteiger charge is -2.02. The molecule has 0 spiro atoms. The van der Waals surface area contributed by atoms with E-state index in [0.717, 1.165) is 6.26 Å². The number of carbonyl (C=O) groups is 2. The van der Waals surface area contributed by atoms with E-state index in [1.165, 1.54) is 6.07 Å². The van der Waals surface area contributed by atoms with E-state index in [0.29, 0.717) is 19.5 Å². The van der Waals surface area contributed by atoms with Gasteiger partial charge in [-0.25, -0.2) is 4.79 Å². The van der Waals surface area contributed by atoms with Gasteiger partial charge in [0.25, 0.3) is 5.91 Å². The normalized spacial score (nSPS) is 10.3. The van der Waals surface area contributed by atoms with Crippen molar-refractivity contribution in [1.82, 2.24) is 20.3 Å². The van der Waals surface area contributed by atoms with Crippen LogP contribution in [-0.2, 0) is 6.54 Å². The van der Waals surface area contributed by atoms with E-state index in [9.17, 15) is 9.59 Å². The van der Waals surface area contributed by atoms with E-state index in [4.69, 9.17) is 9.52 Å². The lowest BCUT2D eigenvalue weighted by Crippen LogP contribution is -2.24. The molecule has 0 aromatic carbocycles. The van der Waals surface area contributed by atoms with Gasteiger partial charge in [-0.05, 0) is 6.42 Å². The van der Waals surface area contributed by atoms with Crippen LogP contribution in [0.5, 0.6) is 0 Å². The van der Waals surface area contributed by atoms with Crippen LogP contribution in [0.25, 0.3) is 0 Å². The summed E-state index contributed by atoms with van der Waals surface area (Å²) in [6.07, 6.45) is 5.02. The second-order valence-electron chi connectivity index (χ2n) is 3.78. The Morgan fingerprint density at radius 1 is 1.47 bits per heavy atom. The van der Waals surface area contributed by atoms with Crippen LogP contribution in [0.3, 0.4) is 0 Å². The number of carboxylic acids is 1. The fraction of sp³-hybridized carbons (Fsp3) is 0.273. The van der Waals surface area contributed by atoms with Gasteiger partial charge in [0.2, 0.25) is 0 Å². The molecule has 19 heavy (non-hydrogen) atoms. The van der Waals surface area contributed by atoms with Gasteiger partial charge >= 0.3 is 5.97 Å². The maximum Gasteiger partial charge on any atom is 0.338 e. The van der Waals surface area contributed by atoms with Crippen molar-refractivity contribution < 1.29 is 19.1 Å². The number of aromatic nitrogens is 3. The largest absolute Gasteiger partial charge is 0.478 e. The molecule has 8 nitrogen and oxygen atoms in total. The minimum Gasteiger partial charge on any atom is -0.478 e. The maximum absolute atomic E-state index is 11.6. The summed E-state index contributed by atoms with van der Waals surface area (Å²) in [5.41, 5.74) is -0.0484. The highest BCUT2D eigenvalue weighted by Gasteiger charge is 2.13. The summed E-state index contributed by atoms with van der Waals surface area (Å²) in [7, 11) is 0. The van der Waals surface area contributed by atoms with Crippen LogP contribution < -0.4 is 5.32 Å². The van der Waals surface area contributed by atoms with Gasteiger partial charge in [-0.3, -0.25) is 9.48 Å². The molecule has 1 amide bonds. The first kappa shape index (κ1) is 12.8. The van der Waals surface area contributed by atoms with Crippen LogP contribution in [0, 0.1) is 0 Å². The minimum atomic E-state index is -1.13. The second-order valence-corrected chi connectivity index (χ2v) is 3.78. The fourth-order valence-electron chi connectivity index (χ4n) is 1.45. The first-order chi connectivity index (χ1) is 9.16. The Morgan fingerprint density at radius 2 is 2.32 bits per heavy atom. The smallest absolute Gasteiger partial charge is 0.338 e. The molecule has 0 unspecified atom stereocenters. The van der Waals surface area contributed by atoms with Crippen molar-refractivity contribution in [3.63, 3.8) is 0 Å². The third-order valence-electron chi connectivity index (χ3n) is 2.39. The van der Waals surface area contributed by atoms with Crippen LogP contribution >= 0.6 is 0 Å². The van der Waals surface area contributed by atoms with Crippen LogP contribution in [0.1, 0.15) is 27.3 Å². The van der Waals surface area contributed by atoms with E-state index in [1.54, 1.807) is 17.1 Å². The lowest BCUT2D eigenvalue weighted by atomic mass is 10.3. The molecule has 0 aliphatic carbocycles. The number of rotatable bonds is 6. The van der Waals surface area contributed by atoms with E-state index in [-0.39, 0.29) is 11.3 Å². The molecule has 0 aliphatic heterocycles. The summed E-state index contributed by atoms with van der Waals surface area (Å²) < 4.78 is 6.52. The van der Waals surface area contributed by atoms with Crippen LogP contribution in [-0.4, -0.2) is 38.5 Å². The van der Waals surface area contributed by atoms with Gasteiger partial charge in [0.1, 0.15) is 6.26 Å². The molecule has 0 atom stereocenters. The molecule has 0 fully saturated rings. The number of carbonyl (C=O) groups excluding carboxylic acids is 1. The molecule has 0 radical (unpaired) electrons. The molecule has 2 N–H and O–H groups in total. The number of hydrogen-bond donors (Lipinski definition) is 2. The Balaban J connectivity index is 1.76. The third-order valence-corrected chi connectivity index (χ3v) is 2.39. The number of hydrogen-bond acceptors (Lipinski definition) is 5. The number of aromatic carboxylic acids is 1. The standard InChI is InChI=1S/C11H12N4O4/c16-10(9-6-8(7-19-9)11(17)18)12-2-1-4-15-5-3-13-14-15/h3,5-7H,1-2,4H2,(H,12,16)(H,17,18). The summed E-state index contributed by atoms with van der Waals surface area (Å²) in [6.45, 7) is 1.07. The minimum absolute atomic E-state index is 0.0156. The zero-order valence-electron chi connectivity index (χ0n) is 9.94. The lowest BCUT2D eigenvalue weighted by molar-refractivity contribution is 0.0696. The predicted octanol–water partition coefficient (Wildman–Crippen LogP) is 0.389. The topological polar surface area (TPSA) is 110 Å². The Labute approximate surface area is 108 Å². The zero-order chi connectivity index (χ0) is 13.7. The molecule has 0 saturated heterocycles. The van der Waals surface area contributed by atoms with Gasteiger partial charge in [-0.15, -0.1) is 5.10 Å². The van der Waals surface area contributed by atoms with Crippen molar-refractivity contribution in [2.75, 3.05) is 6.54 Å². The molecule has 0 saturated carbocycles. The molecular formula is C11H12N4O4. The molecule has 2 aromatic heterocycles. The van der Waals surface area contributed by atoms with Crippen molar-refractivity contribution in [2.24, 2.45) is 0 Å². The highest BCUT2D eigenvalue weighted by Crippen LogP contribution is 2.07. The van der Waals surface area contributed by atoms with E-state index in [1.807, 2.05) is 0 Å². The van der Waals surface area contributed by atoms with Gasteiger partial charge in [0.15, 0.2) is 5.76 Å². The van der Waals surface area contributed by atoms with Crippen LogP contribution in [0.15, 0.2) is 29.1 Å². The van der Waals surface area contributed by atoms with Crippen LogP contribution in [0.2, 0.25) is 0 Å². The highest BCUT2D eigenvalue weighted by atomic mass is 16.4. The van der Waals surface area contributed by atoms with Crippen LogP contribution in [0.4, 0.5) is 0 Å². The Hall–Kier alpha value is -2.64. The number of nitrogens with one attached hydrogen (secondary N) is 1. The van der Waals surface area contributed by atoms with Gasteiger partial charge in [-0.2, -0.15) is 0 Å². The molecular weight excluding hydrogens is 252 g/mol. The molecule has 0 aliphatic rings. The van der Waals surface area contributed by atoms with E-state index < -0.39 is 11.9 Å². The predicted molar refractivity (Wildman–Crippen MR) is 62.6 cm³/mol. The molecule has 100 valence electrons. The van der Waals surface area contributed by atoms with Gasteiger partial charge in [0, 0.05) is 25.4 Å². The summed E-state index contributed by atoms with van der Waals surface area (Å²) >= 11 is 0. The van der Waals surface area contributed by atoms with Crippen molar-refractivity contribution in [3.05, 3.63) is 36.0 Å². The average molecular weight is 264 g/mol. The first-order valence-electron chi connectivity index (χ1n) is 5.61. The number of amides is 1. The Morgan fingerprint density at radius 3 is 2.95 bits per heavy atom. The molecule has 2 heterocycles. The van der Waals surface area contributed by atoms with Crippen molar-refractivity contribution >= 4 is 11.9 Å². The maximum atomic E-state index is 11.6. The zero-order valence-corrected chi connectivity index (χ0v) is 9.94. The Kier molecular flexibility index (Phi) is 3.91. The monoisotopic (exact) mass is 264 g/mol. The molecule has 8 heteroatoms. The van der Waals surface area contributed by atoms with Crippen molar-refractivity contribution in [2.45, 2.75) is 13.0 Å². The third kappa shape index (κ3) is 3.41. The van der Waals surface area contributed by atoms with Gasteiger partial charge < -0.3 is 14.8 Å². The van der Waals surface area contributed by atoms with Gasteiger partial charge in [0.05, 0.1) is 11.8 Å².